The summed E-state index contributed by atoms with van der Waals surface area (Å²) in [5.74, 6) is 1.07. The Balaban J connectivity index is 1.92. The number of amides is 1. The van der Waals surface area contributed by atoms with E-state index in [1.807, 2.05) is 18.2 Å². The predicted octanol–water partition coefficient (Wildman–Crippen LogP) is 4.38. The van der Waals surface area contributed by atoms with Gasteiger partial charge in [-0.25, -0.2) is 4.98 Å². The first-order chi connectivity index (χ1) is 12.0. The third kappa shape index (κ3) is 3.53. The normalized spacial score (nSPS) is 16.8. The van der Waals surface area contributed by atoms with Crippen LogP contribution < -0.4 is 9.47 Å². The number of pyridine rings is 1. The highest BCUT2D eigenvalue weighted by Crippen LogP contribution is 2.38. The molecule has 1 aliphatic heterocycles. The molecule has 0 N–H and O–H groups in total. The Morgan fingerprint density at radius 3 is 2.64 bits per heavy atom. The van der Waals surface area contributed by atoms with E-state index in [0.29, 0.717) is 23.1 Å². The molecule has 0 aliphatic carbocycles. The van der Waals surface area contributed by atoms with Crippen molar-refractivity contribution in [1.82, 2.24) is 9.88 Å². The van der Waals surface area contributed by atoms with Crippen LogP contribution in [0.1, 0.15) is 34.9 Å². The number of hydrogen-bond donors (Lipinski definition) is 0. The molecule has 25 heavy (non-hydrogen) atoms. The van der Waals surface area contributed by atoms with E-state index in [1.54, 1.807) is 31.3 Å². The highest BCUT2D eigenvalue weighted by Gasteiger charge is 2.32. The molecule has 1 atom stereocenters. The van der Waals surface area contributed by atoms with Crippen LogP contribution in [0, 0.1) is 0 Å². The lowest BCUT2D eigenvalue weighted by molar-refractivity contribution is 0.0729. The molecule has 0 spiro atoms. The molecule has 1 fully saturated rings. The molecule has 5 nitrogen and oxygen atoms in total. The van der Waals surface area contributed by atoms with Crippen LogP contribution in [0.2, 0.25) is 10.2 Å². The van der Waals surface area contributed by atoms with Gasteiger partial charge in [0.15, 0.2) is 11.5 Å². The molecule has 1 aromatic carbocycles. The number of rotatable bonds is 4. The van der Waals surface area contributed by atoms with Gasteiger partial charge in [0.2, 0.25) is 0 Å². The third-order valence-electron chi connectivity index (χ3n) is 4.32. The lowest BCUT2D eigenvalue weighted by atomic mass is 10.0. The quantitative estimate of drug-likeness (QED) is 0.738. The minimum absolute atomic E-state index is 0.0656. The van der Waals surface area contributed by atoms with Crippen molar-refractivity contribution in [3.8, 4) is 11.5 Å². The number of hydrogen-bond acceptors (Lipinski definition) is 4. The largest absolute Gasteiger partial charge is 0.493 e. The minimum atomic E-state index is -0.218. The van der Waals surface area contributed by atoms with Crippen molar-refractivity contribution in [2.24, 2.45) is 0 Å². The van der Waals surface area contributed by atoms with Crippen LogP contribution in [-0.4, -0.2) is 36.6 Å². The molecule has 1 aromatic heterocycles. The lowest BCUT2D eigenvalue weighted by Crippen LogP contribution is -2.31. The third-order valence-corrected chi connectivity index (χ3v) is 4.84. The summed E-state index contributed by atoms with van der Waals surface area (Å²) in [4.78, 5) is 18.8. The first-order valence-electron chi connectivity index (χ1n) is 7.90. The molecule has 1 aliphatic rings. The molecule has 2 heterocycles. The van der Waals surface area contributed by atoms with Crippen LogP contribution in [0.4, 0.5) is 0 Å². The number of methoxy groups -OCH3 is 2. The molecule has 1 saturated heterocycles. The van der Waals surface area contributed by atoms with Crippen molar-refractivity contribution >= 4 is 29.1 Å². The molecule has 7 heteroatoms. The van der Waals surface area contributed by atoms with Gasteiger partial charge in [0.25, 0.3) is 5.91 Å². The number of ether oxygens (including phenoxy) is 2. The molecule has 2 aromatic rings. The van der Waals surface area contributed by atoms with Crippen molar-refractivity contribution in [1.29, 1.82) is 0 Å². The summed E-state index contributed by atoms with van der Waals surface area (Å²) in [6, 6.07) is 8.79. The number of likely N-dealkylation sites (tertiary alicyclic amines) is 1. The second kappa shape index (κ2) is 7.50. The van der Waals surface area contributed by atoms with E-state index >= 15 is 0 Å². The molecule has 132 valence electrons. The van der Waals surface area contributed by atoms with Gasteiger partial charge in [0.05, 0.1) is 25.3 Å². The Labute approximate surface area is 156 Å². The summed E-state index contributed by atoms with van der Waals surface area (Å²) >= 11 is 12.1. The second-order valence-corrected chi connectivity index (χ2v) is 6.53. The van der Waals surface area contributed by atoms with Gasteiger partial charge in [0.1, 0.15) is 10.8 Å². The second-order valence-electron chi connectivity index (χ2n) is 5.74. The zero-order chi connectivity index (χ0) is 18.0. The van der Waals surface area contributed by atoms with E-state index in [0.717, 1.165) is 18.4 Å². The van der Waals surface area contributed by atoms with Crippen molar-refractivity contribution in [2.45, 2.75) is 18.9 Å². The summed E-state index contributed by atoms with van der Waals surface area (Å²) in [6.45, 7) is 0.641. The number of aromatic nitrogens is 1. The van der Waals surface area contributed by atoms with Crippen LogP contribution in [0.15, 0.2) is 30.3 Å². The van der Waals surface area contributed by atoms with Gasteiger partial charge in [-0.1, -0.05) is 29.3 Å². The van der Waals surface area contributed by atoms with E-state index in [-0.39, 0.29) is 22.8 Å². The van der Waals surface area contributed by atoms with Crippen LogP contribution in [0.25, 0.3) is 0 Å². The molecule has 1 amide bonds. The fourth-order valence-electron chi connectivity index (χ4n) is 3.12. The summed E-state index contributed by atoms with van der Waals surface area (Å²) in [5.41, 5.74) is 1.17. The fourth-order valence-corrected chi connectivity index (χ4v) is 3.45. The monoisotopic (exact) mass is 380 g/mol. The first kappa shape index (κ1) is 17.8. The molecule has 3 rings (SSSR count). The Morgan fingerprint density at radius 2 is 1.92 bits per heavy atom. The molecular weight excluding hydrogens is 363 g/mol. The first-order valence-corrected chi connectivity index (χ1v) is 8.65. The smallest absolute Gasteiger partial charge is 0.274 e. The summed E-state index contributed by atoms with van der Waals surface area (Å²) in [7, 11) is 3.19. The maximum absolute atomic E-state index is 12.9. The van der Waals surface area contributed by atoms with Crippen LogP contribution >= 0.6 is 23.2 Å². The molecular formula is C18H18Cl2N2O3. The Hall–Kier alpha value is -1.98. The summed E-state index contributed by atoms with van der Waals surface area (Å²) in [6.07, 6.45) is 1.77. The van der Waals surface area contributed by atoms with Crippen LogP contribution in [0.3, 0.4) is 0 Å². The number of benzene rings is 1. The molecule has 0 bridgehead atoms. The number of carbonyl (C=O) groups is 1. The highest BCUT2D eigenvalue weighted by molar-refractivity contribution is 6.34. The Kier molecular flexibility index (Phi) is 5.35. The average Bonchev–Trinajstić information content (AvgIpc) is 3.12. The van der Waals surface area contributed by atoms with Gasteiger partial charge in [-0.15, -0.1) is 0 Å². The maximum atomic E-state index is 12.9. The summed E-state index contributed by atoms with van der Waals surface area (Å²) < 4.78 is 10.7. The molecule has 0 saturated carbocycles. The highest BCUT2D eigenvalue weighted by atomic mass is 35.5. The van der Waals surface area contributed by atoms with E-state index in [9.17, 15) is 4.79 Å². The van der Waals surface area contributed by atoms with Gasteiger partial charge in [-0.05, 0) is 42.7 Å². The zero-order valence-electron chi connectivity index (χ0n) is 14.0. The number of carbonyl (C=O) groups excluding carboxylic acids is 1. The predicted molar refractivity (Wildman–Crippen MR) is 96.8 cm³/mol. The van der Waals surface area contributed by atoms with Crippen LogP contribution in [-0.2, 0) is 0 Å². The standard InChI is InChI=1S/C18H18Cl2N2O3/c1-24-14-7-5-11(10-15(14)25-2)13-4-3-9-22(13)18(23)17-12(19)6-8-16(20)21-17/h5-8,10,13H,3-4,9H2,1-2H3. The topological polar surface area (TPSA) is 51.7 Å². The SMILES string of the molecule is COc1ccc(C2CCCN2C(=O)c2nc(Cl)ccc2Cl)cc1OC. The molecule has 0 radical (unpaired) electrons. The van der Waals surface area contributed by atoms with Crippen molar-refractivity contribution < 1.29 is 14.3 Å². The average molecular weight is 381 g/mol. The molecule has 1 unspecified atom stereocenters. The number of halogens is 2. The minimum Gasteiger partial charge on any atom is -0.493 e. The lowest BCUT2D eigenvalue weighted by Gasteiger charge is -2.25. The van der Waals surface area contributed by atoms with Crippen LogP contribution in [0.5, 0.6) is 11.5 Å². The summed E-state index contributed by atoms with van der Waals surface area (Å²) in [5, 5.41) is 0.543. The maximum Gasteiger partial charge on any atom is 0.274 e. The van der Waals surface area contributed by atoms with Gasteiger partial charge >= 0.3 is 0 Å². The van der Waals surface area contributed by atoms with Crippen molar-refractivity contribution in [3.05, 3.63) is 51.8 Å². The Morgan fingerprint density at radius 1 is 1.16 bits per heavy atom. The fraction of sp³-hybridized carbons (Fsp3) is 0.333. The van der Waals surface area contributed by atoms with Gasteiger partial charge in [-0.2, -0.15) is 0 Å². The van der Waals surface area contributed by atoms with E-state index in [4.69, 9.17) is 32.7 Å². The number of nitrogens with zero attached hydrogens (tertiary/aromatic N) is 2. The zero-order valence-corrected chi connectivity index (χ0v) is 15.5. The van der Waals surface area contributed by atoms with Gasteiger partial charge in [0, 0.05) is 6.54 Å². The van der Waals surface area contributed by atoms with Crippen molar-refractivity contribution in [2.75, 3.05) is 20.8 Å². The van der Waals surface area contributed by atoms with Gasteiger partial charge < -0.3 is 14.4 Å². The van der Waals surface area contributed by atoms with E-state index < -0.39 is 0 Å². The van der Waals surface area contributed by atoms with Gasteiger partial charge in [-0.3, -0.25) is 4.79 Å². The Bertz CT molecular complexity index is 798. The van der Waals surface area contributed by atoms with E-state index in [2.05, 4.69) is 4.98 Å². The van der Waals surface area contributed by atoms with E-state index in [1.165, 1.54) is 0 Å². The van der Waals surface area contributed by atoms with Crippen molar-refractivity contribution in [3.63, 3.8) is 0 Å².